The van der Waals surface area contributed by atoms with Crippen LogP contribution in [0.15, 0.2) is 40.9 Å². The molecule has 0 saturated heterocycles. The molecule has 0 unspecified atom stereocenters. The summed E-state index contributed by atoms with van der Waals surface area (Å²) in [5, 5.41) is 3.96. The van der Waals surface area contributed by atoms with Crippen molar-refractivity contribution in [2.24, 2.45) is 0 Å². The number of carbonyl (C=O) groups is 1. The number of halogens is 1. The maximum absolute atomic E-state index is 12.3. The second kappa shape index (κ2) is 5.22. The molecule has 1 N–H and O–H groups in total. The summed E-state index contributed by atoms with van der Waals surface area (Å²) in [6.45, 7) is 3.87. The fourth-order valence-electron chi connectivity index (χ4n) is 2.27. The van der Waals surface area contributed by atoms with Crippen molar-refractivity contribution >= 4 is 34.2 Å². The number of pyridine rings is 1. The Morgan fingerprint density at radius 3 is 2.81 bits per heavy atom. The van der Waals surface area contributed by atoms with Crippen molar-refractivity contribution in [3.05, 3.63) is 58.6 Å². The van der Waals surface area contributed by atoms with Crippen molar-refractivity contribution in [3.8, 4) is 0 Å². The van der Waals surface area contributed by atoms with E-state index in [-0.39, 0.29) is 11.1 Å². The van der Waals surface area contributed by atoms with Crippen molar-refractivity contribution in [2.45, 2.75) is 13.8 Å². The molecule has 0 atom stereocenters. The maximum Gasteiger partial charge on any atom is 0.258 e. The van der Waals surface area contributed by atoms with E-state index in [4.69, 9.17) is 16.0 Å². The third-order valence-corrected chi connectivity index (χ3v) is 3.75. The van der Waals surface area contributed by atoms with Crippen molar-refractivity contribution in [2.75, 3.05) is 5.32 Å². The van der Waals surface area contributed by atoms with Crippen LogP contribution < -0.4 is 5.32 Å². The summed E-state index contributed by atoms with van der Waals surface area (Å²) < 4.78 is 5.66. The molecule has 2 aromatic heterocycles. The minimum Gasteiger partial charge on any atom is -0.461 e. The zero-order valence-electron chi connectivity index (χ0n) is 11.6. The quantitative estimate of drug-likeness (QED) is 0.716. The number of hydrogen-bond acceptors (Lipinski definition) is 3. The van der Waals surface area contributed by atoms with Gasteiger partial charge in [0.2, 0.25) is 0 Å². The number of fused-ring (bicyclic) bond motifs is 1. The minimum absolute atomic E-state index is 0.183. The second-order valence-electron chi connectivity index (χ2n) is 4.76. The van der Waals surface area contributed by atoms with Gasteiger partial charge in [-0.05, 0) is 38.1 Å². The SMILES string of the molecule is Cc1oc2cccc(NC(=O)c3cccnc3Cl)c2c1C. The lowest BCUT2D eigenvalue weighted by Gasteiger charge is -2.07. The number of benzene rings is 1. The molecule has 1 aromatic carbocycles. The standard InChI is InChI=1S/C16H13ClN2O2/c1-9-10(2)21-13-7-3-6-12(14(9)13)19-16(20)11-5-4-8-18-15(11)17/h3-8H,1-2H3,(H,19,20). The van der Waals surface area contributed by atoms with Crippen LogP contribution in [-0.4, -0.2) is 10.9 Å². The molecule has 0 aliphatic rings. The van der Waals surface area contributed by atoms with Gasteiger partial charge in [-0.15, -0.1) is 0 Å². The molecule has 0 aliphatic carbocycles. The fraction of sp³-hybridized carbons (Fsp3) is 0.125. The molecule has 0 aliphatic heterocycles. The molecule has 5 heteroatoms. The maximum atomic E-state index is 12.3. The third-order valence-electron chi connectivity index (χ3n) is 3.44. The van der Waals surface area contributed by atoms with E-state index in [0.717, 1.165) is 22.3 Å². The number of anilines is 1. The number of nitrogens with one attached hydrogen (secondary N) is 1. The van der Waals surface area contributed by atoms with E-state index in [9.17, 15) is 4.79 Å². The first kappa shape index (κ1) is 13.6. The van der Waals surface area contributed by atoms with Crippen LogP contribution in [0.1, 0.15) is 21.7 Å². The molecule has 0 fully saturated rings. The van der Waals surface area contributed by atoms with Crippen LogP contribution in [0.4, 0.5) is 5.69 Å². The van der Waals surface area contributed by atoms with Gasteiger partial charge in [-0.2, -0.15) is 0 Å². The number of furan rings is 1. The minimum atomic E-state index is -0.293. The van der Waals surface area contributed by atoms with Gasteiger partial charge in [-0.3, -0.25) is 4.79 Å². The highest BCUT2D eigenvalue weighted by Gasteiger charge is 2.15. The van der Waals surface area contributed by atoms with E-state index in [1.165, 1.54) is 0 Å². The molecular formula is C16H13ClN2O2. The van der Waals surface area contributed by atoms with Crippen LogP contribution in [0, 0.1) is 13.8 Å². The van der Waals surface area contributed by atoms with Gasteiger partial charge in [0.05, 0.1) is 11.3 Å². The molecule has 0 radical (unpaired) electrons. The predicted molar refractivity (Wildman–Crippen MR) is 82.9 cm³/mol. The van der Waals surface area contributed by atoms with Crippen LogP contribution in [0.5, 0.6) is 0 Å². The average molecular weight is 301 g/mol. The summed E-state index contributed by atoms with van der Waals surface area (Å²) in [6.07, 6.45) is 1.55. The molecule has 2 heterocycles. The Bertz CT molecular complexity index is 839. The largest absolute Gasteiger partial charge is 0.461 e. The summed E-state index contributed by atoms with van der Waals surface area (Å²) in [5.41, 5.74) is 2.80. The average Bonchev–Trinajstić information content (AvgIpc) is 2.75. The zero-order valence-corrected chi connectivity index (χ0v) is 12.4. The summed E-state index contributed by atoms with van der Waals surface area (Å²) in [6, 6.07) is 8.87. The fourth-order valence-corrected chi connectivity index (χ4v) is 2.47. The van der Waals surface area contributed by atoms with Gasteiger partial charge in [-0.1, -0.05) is 17.7 Å². The summed E-state index contributed by atoms with van der Waals surface area (Å²) in [5.74, 6) is 0.546. The number of carbonyl (C=O) groups excluding carboxylic acids is 1. The number of nitrogens with zero attached hydrogens (tertiary/aromatic N) is 1. The van der Waals surface area contributed by atoms with Gasteiger partial charge >= 0.3 is 0 Å². The van der Waals surface area contributed by atoms with Gasteiger partial charge in [-0.25, -0.2) is 4.98 Å². The van der Waals surface area contributed by atoms with Gasteiger partial charge < -0.3 is 9.73 Å². The van der Waals surface area contributed by atoms with Crippen molar-refractivity contribution < 1.29 is 9.21 Å². The molecule has 0 spiro atoms. The normalized spacial score (nSPS) is 10.8. The van der Waals surface area contributed by atoms with Crippen molar-refractivity contribution in [1.82, 2.24) is 4.98 Å². The number of amides is 1. The Kier molecular flexibility index (Phi) is 3.39. The van der Waals surface area contributed by atoms with E-state index in [2.05, 4.69) is 10.3 Å². The van der Waals surface area contributed by atoms with Crippen molar-refractivity contribution in [1.29, 1.82) is 0 Å². The smallest absolute Gasteiger partial charge is 0.258 e. The van der Waals surface area contributed by atoms with E-state index in [1.54, 1.807) is 18.3 Å². The highest BCUT2D eigenvalue weighted by molar-refractivity contribution is 6.33. The first-order valence-electron chi connectivity index (χ1n) is 6.48. The van der Waals surface area contributed by atoms with Gasteiger partial charge in [0.15, 0.2) is 0 Å². The monoisotopic (exact) mass is 300 g/mol. The lowest BCUT2D eigenvalue weighted by atomic mass is 10.1. The molecule has 21 heavy (non-hydrogen) atoms. The van der Waals surface area contributed by atoms with Gasteiger partial charge in [0.1, 0.15) is 16.5 Å². The second-order valence-corrected chi connectivity index (χ2v) is 5.12. The molecule has 106 valence electrons. The number of aryl methyl sites for hydroxylation is 2. The van der Waals surface area contributed by atoms with Crippen molar-refractivity contribution in [3.63, 3.8) is 0 Å². The Morgan fingerprint density at radius 2 is 2.05 bits per heavy atom. The highest BCUT2D eigenvalue weighted by Crippen LogP contribution is 2.31. The summed E-state index contributed by atoms with van der Waals surface area (Å²) >= 11 is 5.95. The first-order valence-corrected chi connectivity index (χ1v) is 6.86. The van der Waals surface area contributed by atoms with Crippen LogP contribution >= 0.6 is 11.6 Å². The van der Waals surface area contributed by atoms with Crippen LogP contribution in [0.25, 0.3) is 11.0 Å². The molecule has 3 rings (SSSR count). The lowest BCUT2D eigenvalue weighted by molar-refractivity contribution is 0.102. The Labute approximate surface area is 126 Å². The Balaban J connectivity index is 2.03. The molecule has 4 nitrogen and oxygen atoms in total. The summed E-state index contributed by atoms with van der Waals surface area (Å²) in [7, 11) is 0. The highest BCUT2D eigenvalue weighted by atomic mass is 35.5. The van der Waals surface area contributed by atoms with E-state index in [1.807, 2.05) is 32.0 Å². The van der Waals surface area contributed by atoms with Crippen LogP contribution in [-0.2, 0) is 0 Å². The predicted octanol–water partition coefficient (Wildman–Crippen LogP) is 4.35. The van der Waals surface area contributed by atoms with Gasteiger partial charge in [0.25, 0.3) is 5.91 Å². The Hall–Kier alpha value is -2.33. The third kappa shape index (κ3) is 2.38. The molecule has 0 bridgehead atoms. The van der Waals surface area contributed by atoms with E-state index < -0.39 is 0 Å². The van der Waals surface area contributed by atoms with Crippen LogP contribution in [0.2, 0.25) is 5.15 Å². The number of aromatic nitrogens is 1. The van der Waals surface area contributed by atoms with Crippen LogP contribution in [0.3, 0.4) is 0 Å². The summed E-state index contributed by atoms with van der Waals surface area (Å²) in [4.78, 5) is 16.2. The lowest BCUT2D eigenvalue weighted by Crippen LogP contribution is -2.13. The van der Waals surface area contributed by atoms with Gasteiger partial charge in [0, 0.05) is 17.1 Å². The van der Waals surface area contributed by atoms with E-state index >= 15 is 0 Å². The number of rotatable bonds is 2. The molecule has 3 aromatic rings. The van der Waals surface area contributed by atoms with E-state index in [0.29, 0.717) is 11.3 Å². The molecular weight excluding hydrogens is 288 g/mol. The Morgan fingerprint density at radius 1 is 1.24 bits per heavy atom. The first-order chi connectivity index (χ1) is 10.1. The number of hydrogen-bond donors (Lipinski definition) is 1. The molecule has 0 saturated carbocycles. The molecule has 1 amide bonds. The zero-order chi connectivity index (χ0) is 15.0. The topological polar surface area (TPSA) is 55.1 Å².